The SMILES string of the molecule is CS(=O)(=O)Nc1ccc(C(F)(F)F)cc1NC(=O)CN.Cl. The average Bonchev–Trinajstić information content (AvgIpc) is 2.28. The number of nitrogens with one attached hydrogen (secondary N) is 2. The van der Waals surface area contributed by atoms with Gasteiger partial charge in [0.2, 0.25) is 15.9 Å². The Morgan fingerprint density at radius 2 is 1.86 bits per heavy atom. The molecule has 0 saturated carbocycles. The second-order valence-electron chi connectivity index (χ2n) is 3.88. The van der Waals surface area contributed by atoms with Crippen molar-refractivity contribution >= 4 is 39.7 Å². The van der Waals surface area contributed by atoms with E-state index < -0.39 is 34.2 Å². The van der Waals surface area contributed by atoms with Gasteiger partial charge in [-0.1, -0.05) is 0 Å². The van der Waals surface area contributed by atoms with E-state index in [1.807, 2.05) is 4.72 Å². The van der Waals surface area contributed by atoms with Gasteiger partial charge in [0, 0.05) is 0 Å². The molecule has 0 atom stereocenters. The molecule has 0 aliphatic heterocycles. The highest BCUT2D eigenvalue weighted by Crippen LogP contribution is 2.34. The summed E-state index contributed by atoms with van der Waals surface area (Å²) in [5, 5.41) is 2.10. The van der Waals surface area contributed by atoms with Crippen LogP contribution in [0, 0.1) is 0 Å². The number of nitrogens with two attached hydrogens (primary N) is 1. The summed E-state index contributed by atoms with van der Waals surface area (Å²) < 4.78 is 62.0. The molecular formula is C10H13ClF3N3O3S. The van der Waals surface area contributed by atoms with E-state index in [0.29, 0.717) is 12.1 Å². The molecule has 0 fully saturated rings. The minimum absolute atomic E-state index is 0. The number of alkyl halides is 3. The molecule has 4 N–H and O–H groups in total. The first-order chi connectivity index (χ1) is 9.03. The Bertz CT molecular complexity index is 620. The van der Waals surface area contributed by atoms with E-state index in [-0.39, 0.29) is 23.8 Å². The molecule has 0 bridgehead atoms. The van der Waals surface area contributed by atoms with Gasteiger partial charge in [-0.05, 0) is 18.2 Å². The van der Waals surface area contributed by atoms with Crippen LogP contribution < -0.4 is 15.8 Å². The van der Waals surface area contributed by atoms with Crippen molar-refractivity contribution in [2.75, 3.05) is 22.8 Å². The predicted octanol–water partition coefficient (Wildman–Crippen LogP) is 1.40. The van der Waals surface area contributed by atoms with E-state index >= 15 is 0 Å². The normalized spacial score (nSPS) is 11.5. The van der Waals surface area contributed by atoms with Gasteiger partial charge in [-0.2, -0.15) is 13.2 Å². The monoisotopic (exact) mass is 347 g/mol. The maximum absolute atomic E-state index is 12.6. The standard InChI is InChI=1S/C10H12F3N3O3S.ClH/c1-20(18,19)16-7-3-2-6(10(11,12)13)4-8(7)15-9(17)5-14;/h2-4,16H,5,14H2,1H3,(H,15,17);1H. The Morgan fingerprint density at radius 1 is 1.29 bits per heavy atom. The van der Waals surface area contributed by atoms with Gasteiger partial charge in [0.25, 0.3) is 0 Å². The lowest BCUT2D eigenvalue weighted by atomic mass is 10.1. The zero-order valence-corrected chi connectivity index (χ0v) is 12.3. The second kappa shape index (κ2) is 6.96. The van der Waals surface area contributed by atoms with Gasteiger partial charge in [-0.25, -0.2) is 8.42 Å². The summed E-state index contributed by atoms with van der Waals surface area (Å²) in [6.45, 7) is -0.450. The van der Waals surface area contributed by atoms with E-state index in [1.54, 1.807) is 0 Å². The lowest BCUT2D eigenvalue weighted by Crippen LogP contribution is -2.23. The molecule has 1 aromatic carbocycles. The number of benzene rings is 1. The number of carbonyl (C=O) groups is 1. The van der Waals surface area contributed by atoms with Gasteiger partial charge in [0.15, 0.2) is 0 Å². The van der Waals surface area contributed by atoms with Crippen LogP contribution >= 0.6 is 12.4 Å². The van der Waals surface area contributed by atoms with Gasteiger partial charge in [0.05, 0.1) is 29.7 Å². The van der Waals surface area contributed by atoms with Crippen LogP contribution in [0.4, 0.5) is 24.5 Å². The lowest BCUT2D eigenvalue weighted by Gasteiger charge is -2.14. The molecule has 0 heterocycles. The number of carbonyl (C=O) groups excluding carboxylic acids is 1. The summed E-state index contributed by atoms with van der Waals surface area (Å²) in [4.78, 5) is 11.2. The molecule has 0 aromatic heterocycles. The molecule has 6 nitrogen and oxygen atoms in total. The third-order valence-electron chi connectivity index (χ3n) is 2.10. The summed E-state index contributed by atoms with van der Waals surface area (Å²) in [5.74, 6) is -0.749. The van der Waals surface area contributed by atoms with E-state index in [2.05, 4.69) is 5.32 Å². The van der Waals surface area contributed by atoms with Crippen LogP contribution in [0.15, 0.2) is 18.2 Å². The van der Waals surface area contributed by atoms with Crippen LogP contribution in [-0.4, -0.2) is 27.1 Å². The molecule has 0 saturated heterocycles. The van der Waals surface area contributed by atoms with Crippen LogP contribution in [0.1, 0.15) is 5.56 Å². The Kier molecular flexibility index (Phi) is 6.46. The van der Waals surface area contributed by atoms with Crippen molar-refractivity contribution in [3.8, 4) is 0 Å². The molecule has 120 valence electrons. The van der Waals surface area contributed by atoms with Crippen molar-refractivity contribution in [1.29, 1.82) is 0 Å². The minimum Gasteiger partial charge on any atom is -0.323 e. The van der Waals surface area contributed by atoms with Crippen LogP contribution in [-0.2, 0) is 21.0 Å². The molecule has 0 unspecified atom stereocenters. The number of amides is 1. The zero-order valence-electron chi connectivity index (χ0n) is 10.7. The number of halogens is 4. The summed E-state index contributed by atoms with van der Waals surface area (Å²) in [7, 11) is -3.70. The molecule has 1 aromatic rings. The second-order valence-corrected chi connectivity index (χ2v) is 5.63. The Morgan fingerprint density at radius 3 is 2.29 bits per heavy atom. The summed E-state index contributed by atoms with van der Waals surface area (Å²) in [6, 6.07) is 2.24. The minimum atomic E-state index is -4.62. The largest absolute Gasteiger partial charge is 0.416 e. The number of hydrogen-bond acceptors (Lipinski definition) is 4. The summed E-state index contributed by atoms with van der Waals surface area (Å²) in [6.07, 6.45) is -3.79. The van der Waals surface area contributed by atoms with E-state index in [0.717, 1.165) is 12.3 Å². The van der Waals surface area contributed by atoms with Crippen LogP contribution in [0.5, 0.6) is 0 Å². The van der Waals surface area contributed by atoms with Crippen molar-refractivity contribution in [1.82, 2.24) is 0 Å². The molecule has 21 heavy (non-hydrogen) atoms. The van der Waals surface area contributed by atoms with Crippen molar-refractivity contribution in [2.45, 2.75) is 6.18 Å². The van der Waals surface area contributed by atoms with E-state index in [4.69, 9.17) is 5.73 Å². The third-order valence-corrected chi connectivity index (χ3v) is 2.69. The summed E-state index contributed by atoms with van der Waals surface area (Å²) in [5.41, 5.74) is 3.53. The topological polar surface area (TPSA) is 101 Å². The first kappa shape index (κ1) is 19.5. The molecule has 0 aliphatic rings. The van der Waals surface area contributed by atoms with Crippen LogP contribution in [0.25, 0.3) is 0 Å². The van der Waals surface area contributed by atoms with Gasteiger partial charge in [-0.3, -0.25) is 9.52 Å². The van der Waals surface area contributed by atoms with Crippen molar-refractivity contribution in [3.05, 3.63) is 23.8 Å². The molecule has 1 amide bonds. The number of sulfonamides is 1. The first-order valence-electron chi connectivity index (χ1n) is 5.22. The van der Waals surface area contributed by atoms with Gasteiger partial charge in [-0.15, -0.1) is 12.4 Å². The maximum Gasteiger partial charge on any atom is 0.416 e. The fourth-order valence-electron chi connectivity index (χ4n) is 1.31. The molecule has 1 rings (SSSR count). The summed E-state index contributed by atoms with van der Waals surface area (Å²) >= 11 is 0. The van der Waals surface area contributed by atoms with Crippen molar-refractivity contribution in [3.63, 3.8) is 0 Å². The molecule has 0 radical (unpaired) electrons. The van der Waals surface area contributed by atoms with Crippen LogP contribution in [0.2, 0.25) is 0 Å². The number of hydrogen-bond donors (Lipinski definition) is 3. The Hall–Kier alpha value is -1.52. The van der Waals surface area contributed by atoms with Gasteiger partial charge < -0.3 is 11.1 Å². The van der Waals surface area contributed by atoms with E-state index in [1.165, 1.54) is 0 Å². The lowest BCUT2D eigenvalue weighted by molar-refractivity contribution is -0.137. The highest BCUT2D eigenvalue weighted by Gasteiger charge is 2.31. The molecule has 11 heteroatoms. The van der Waals surface area contributed by atoms with Gasteiger partial charge >= 0.3 is 6.18 Å². The van der Waals surface area contributed by atoms with E-state index in [9.17, 15) is 26.4 Å². The number of anilines is 2. The number of rotatable bonds is 4. The van der Waals surface area contributed by atoms with Crippen molar-refractivity contribution in [2.24, 2.45) is 5.73 Å². The average molecular weight is 348 g/mol. The maximum atomic E-state index is 12.6. The third kappa shape index (κ3) is 6.19. The quantitative estimate of drug-likeness (QED) is 0.766. The van der Waals surface area contributed by atoms with Crippen LogP contribution in [0.3, 0.4) is 0 Å². The Labute approximate surface area is 125 Å². The smallest absolute Gasteiger partial charge is 0.323 e. The molecule has 0 spiro atoms. The fourth-order valence-corrected chi connectivity index (χ4v) is 1.89. The van der Waals surface area contributed by atoms with Gasteiger partial charge in [0.1, 0.15) is 0 Å². The van der Waals surface area contributed by atoms with Crippen molar-refractivity contribution < 1.29 is 26.4 Å². The predicted molar refractivity (Wildman–Crippen MR) is 74.8 cm³/mol. The highest BCUT2D eigenvalue weighted by molar-refractivity contribution is 7.92. The molecule has 0 aliphatic carbocycles. The first-order valence-corrected chi connectivity index (χ1v) is 7.11. The highest BCUT2D eigenvalue weighted by atomic mass is 35.5. The molecular weight excluding hydrogens is 335 g/mol. The zero-order chi connectivity index (χ0) is 15.6. The fraction of sp³-hybridized carbons (Fsp3) is 0.300. The Balaban J connectivity index is 0.00000400.